The second kappa shape index (κ2) is 5.15. The Morgan fingerprint density at radius 1 is 1.18 bits per heavy atom. The van der Waals surface area contributed by atoms with Crippen LogP contribution in [0.1, 0.15) is 5.56 Å². The average molecular weight is 291 g/mol. The summed E-state index contributed by atoms with van der Waals surface area (Å²) in [5.74, 6) is -0.894. The first-order valence-electron chi connectivity index (χ1n) is 5.20. The lowest BCUT2D eigenvalue weighted by Crippen LogP contribution is -2.01. The maximum absolute atomic E-state index is 11.0. The molecule has 2 aromatic rings. The minimum absolute atomic E-state index is 0.339. The third kappa shape index (κ3) is 2.56. The molecular weight excluding hydrogens is 280 g/mol. The largest absolute Gasteiger partial charge is 0.478 e. The molecule has 3 heteroatoms. The van der Waals surface area contributed by atoms with Gasteiger partial charge in [-0.15, -0.1) is 0 Å². The fraction of sp³-hybridized carbons (Fsp3) is 0.0714. The molecular formula is C14H11BrO2. The number of carboxylic acid groups (broad SMARTS) is 1. The van der Waals surface area contributed by atoms with Gasteiger partial charge < -0.3 is 5.11 Å². The lowest BCUT2D eigenvalue weighted by molar-refractivity contribution is -0.132. The molecule has 0 aliphatic heterocycles. The van der Waals surface area contributed by atoms with E-state index in [2.05, 4.69) is 15.9 Å². The van der Waals surface area contributed by atoms with Gasteiger partial charge in [0.1, 0.15) is 0 Å². The summed E-state index contributed by atoms with van der Waals surface area (Å²) in [6.07, 6.45) is 1.71. The Morgan fingerprint density at radius 3 is 2.59 bits per heavy atom. The zero-order chi connectivity index (χ0) is 12.3. The fourth-order valence-corrected chi connectivity index (χ4v) is 2.12. The molecule has 0 amide bonds. The van der Waals surface area contributed by atoms with Gasteiger partial charge in [0.2, 0.25) is 0 Å². The highest BCUT2D eigenvalue weighted by Gasteiger charge is 2.06. The summed E-state index contributed by atoms with van der Waals surface area (Å²) in [5.41, 5.74) is 1.28. The molecule has 17 heavy (non-hydrogen) atoms. The minimum Gasteiger partial charge on any atom is -0.478 e. The van der Waals surface area contributed by atoms with Gasteiger partial charge in [0.05, 0.1) is 0 Å². The molecule has 0 spiro atoms. The van der Waals surface area contributed by atoms with E-state index in [1.807, 2.05) is 42.5 Å². The van der Waals surface area contributed by atoms with Gasteiger partial charge in [-0.05, 0) is 22.4 Å². The van der Waals surface area contributed by atoms with Crippen LogP contribution < -0.4 is 0 Å². The van der Waals surface area contributed by atoms with E-state index >= 15 is 0 Å². The molecule has 0 atom stereocenters. The van der Waals surface area contributed by atoms with Crippen LogP contribution in [-0.4, -0.2) is 16.4 Å². The maximum Gasteiger partial charge on any atom is 0.332 e. The quantitative estimate of drug-likeness (QED) is 0.691. The molecule has 0 fully saturated rings. The van der Waals surface area contributed by atoms with Gasteiger partial charge in [-0.1, -0.05) is 58.4 Å². The highest BCUT2D eigenvalue weighted by Crippen LogP contribution is 2.21. The van der Waals surface area contributed by atoms with Gasteiger partial charge in [0.25, 0.3) is 0 Å². The van der Waals surface area contributed by atoms with Crippen molar-refractivity contribution in [2.24, 2.45) is 0 Å². The van der Waals surface area contributed by atoms with Crippen molar-refractivity contribution in [3.8, 4) is 0 Å². The summed E-state index contributed by atoms with van der Waals surface area (Å²) < 4.78 is 0. The van der Waals surface area contributed by atoms with Gasteiger partial charge in [0, 0.05) is 10.9 Å². The Kier molecular flexibility index (Phi) is 3.59. The normalized spacial score (nSPS) is 11.7. The summed E-state index contributed by atoms with van der Waals surface area (Å²) >= 11 is 3.19. The van der Waals surface area contributed by atoms with Crippen LogP contribution in [-0.2, 0) is 4.79 Å². The molecule has 86 valence electrons. The molecule has 0 heterocycles. The molecule has 0 bridgehead atoms. The van der Waals surface area contributed by atoms with E-state index in [4.69, 9.17) is 5.11 Å². The molecule has 0 aliphatic carbocycles. The highest BCUT2D eigenvalue weighted by molar-refractivity contribution is 9.09. The van der Waals surface area contributed by atoms with Crippen molar-refractivity contribution in [1.82, 2.24) is 0 Å². The summed E-state index contributed by atoms with van der Waals surface area (Å²) in [5, 5.41) is 11.5. The van der Waals surface area contributed by atoms with Crippen LogP contribution in [0.15, 0.2) is 48.0 Å². The number of aliphatic carboxylic acids is 1. The van der Waals surface area contributed by atoms with Gasteiger partial charge in [-0.2, -0.15) is 0 Å². The van der Waals surface area contributed by atoms with Crippen LogP contribution in [0, 0.1) is 0 Å². The number of hydrogen-bond donors (Lipinski definition) is 1. The lowest BCUT2D eigenvalue weighted by atomic mass is 10.0. The van der Waals surface area contributed by atoms with Crippen LogP contribution in [0.4, 0.5) is 0 Å². The monoisotopic (exact) mass is 290 g/mol. The third-order valence-electron chi connectivity index (χ3n) is 2.57. The molecule has 1 N–H and O–H groups in total. The zero-order valence-electron chi connectivity index (χ0n) is 9.06. The molecule has 0 radical (unpaired) electrons. The second-order valence-corrected chi connectivity index (χ2v) is 4.24. The number of fused-ring (bicyclic) bond motifs is 1. The molecule has 0 aliphatic rings. The SMILES string of the molecule is O=C(O)/C(=C/c1cccc2ccccc12)CBr. The molecule has 2 nitrogen and oxygen atoms in total. The van der Waals surface area contributed by atoms with Crippen molar-refractivity contribution in [3.05, 3.63) is 53.6 Å². The summed E-state index contributed by atoms with van der Waals surface area (Å²) in [6, 6.07) is 13.8. The maximum atomic E-state index is 11.0. The standard InChI is InChI=1S/C14H11BrO2/c15-9-12(14(16)17)8-11-6-3-5-10-4-1-2-7-13(10)11/h1-8H,9H2,(H,16,17)/b12-8+. The Hall–Kier alpha value is -1.61. The molecule has 2 rings (SSSR count). The van der Waals surface area contributed by atoms with Gasteiger partial charge in [-0.3, -0.25) is 0 Å². The first-order chi connectivity index (χ1) is 8.22. The number of carboxylic acids is 1. The van der Waals surface area contributed by atoms with Crippen molar-refractivity contribution in [3.63, 3.8) is 0 Å². The topological polar surface area (TPSA) is 37.3 Å². The van der Waals surface area contributed by atoms with E-state index in [9.17, 15) is 4.79 Å². The molecule has 0 unspecified atom stereocenters. The Morgan fingerprint density at radius 2 is 1.88 bits per heavy atom. The number of benzene rings is 2. The Balaban J connectivity index is 2.59. The lowest BCUT2D eigenvalue weighted by Gasteiger charge is -2.03. The van der Waals surface area contributed by atoms with E-state index in [0.717, 1.165) is 16.3 Å². The van der Waals surface area contributed by atoms with Crippen LogP contribution in [0.25, 0.3) is 16.8 Å². The number of carbonyl (C=O) groups is 1. The van der Waals surface area contributed by atoms with Gasteiger partial charge >= 0.3 is 5.97 Å². The first-order valence-corrected chi connectivity index (χ1v) is 6.32. The fourth-order valence-electron chi connectivity index (χ4n) is 1.72. The third-order valence-corrected chi connectivity index (χ3v) is 3.18. The molecule has 2 aromatic carbocycles. The van der Waals surface area contributed by atoms with Crippen LogP contribution in [0.3, 0.4) is 0 Å². The van der Waals surface area contributed by atoms with E-state index in [1.54, 1.807) is 6.08 Å². The van der Waals surface area contributed by atoms with Gasteiger partial charge in [0.15, 0.2) is 0 Å². The predicted octanol–water partition coefficient (Wildman–Crippen LogP) is 3.70. The number of hydrogen-bond acceptors (Lipinski definition) is 1. The Bertz CT molecular complexity index is 582. The molecule has 0 saturated heterocycles. The summed E-state index contributed by atoms with van der Waals surface area (Å²) in [4.78, 5) is 11.0. The second-order valence-electron chi connectivity index (χ2n) is 3.68. The van der Waals surface area contributed by atoms with Crippen LogP contribution in [0.2, 0.25) is 0 Å². The van der Waals surface area contributed by atoms with Crippen LogP contribution in [0.5, 0.6) is 0 Å². The Labute approximate surface area is 108 Å². The van der Waals surface area contributed by atoms with Crippen molar-refractivity contribution in [1.29, 1.82) is 0 Å². The first kappa shape index (κ1) is 11.9. The number of halogens is 1. The predicted molar refractivity (Wildman–Crippen MR) is 73.4 cm³/mol. The van der Waals surface area contributed by atoms with Crippen molar-refractivity contribution < 1.29 is 9.90 Å². The summed E-state index contributed by atoms with van der Waals surface area (Å²) in [7, 11) is 0. The van der Waals surface area contributed by atoms with Gasteiger partial charge in [-0.25, -0.2) is 4.79 Å². The average Bonchev–Trinajstić information content (AvgIpc) is 2.35. The number of alkyl halides is 1. The summed E-state index contributed by atoms with van der Waals surface area (Å²) in [6.45, 7) is 0. The number of rotatable bonds is 3. The van der Waals surface area contributed by atoms with Crippen molar-refractivity contribution >= 4 is 38.7 Å². The van der Waals surface area contributed by atoms with E-state index < -0.39 is 5.97 Å². The van der Waals surface area contributed by atoms with E-state index in [0.29, 0.717) is 10.9 Å². The highest BCUT2D eigenvalue weighted by atomic mass is 79.9. The molecule has 0 aromatic heterocycles. The molecule has 0 saturated carbocycles. The minimum atomic E-state index is -0.894. The van der Waals surface area contributed by atoms with Crippen molar-refractivity contribution in [2.75, 3.05) is 5.33 Å². The van der Waals surface area contributed by atoms with Crippen molar-refractivity contribution in [2.45, 2.75) is 0 Å². The van der Waals surface area contributed by atoms with E-state index in [-0.39, 0.29) is 0 Å². The van der Waals surface area contributed by atoms with E-state index in [1.165, 1.54) is 0 Å². The smallest absolute Gasteiger partial charge is 0.332 e. The van der Waals surface area contributed by atoms with Crippen LogP contribution >= 0.6 is 15.9 Å². The zero-order valence-corrected chi connectivity index (χ0v) is 10.6.